The number of likely N-dealkylation sites (tertiary alicyclic amines) is 1. The Hall–Kier alpha value is -1.57. The highest BCUT2D eigenvalue weighted by Crippen LogP contribution is 2.12. The quantitative estimate of drug-likeness (QED) is 0.801. The Balaban J connectivity index is 1.71. The molecule has 4 nitrogen and oxygen atoms in total. The second-order valence-electron chi connectivity index (χ2n) is 4.00. The van der Waals surface area contributed by atoms with Crippen LogP contribution in [0.5, 0.6) is 5.75 Å². The molecule has 84 valence electrons. The Kier molecular flexibility index (Phi) is 3.40. The van der Waals surface area contributed by atoms with Crippen molar-refractivity contribution in [2.75, 3.05) is 26.2 Å². The molecule has 0 saturated carbocycles. The Bertz CT molecular complexity index is 376. The summed E-state index contributed by atoms with van der Waals surface area (Å²) in [5, 5.41) is 8.63. The van der Waals surface area contributed by atoms with Gasteiger partial charge in [0.05, 0.1) is 11.6 Å². The van der Waals surface area contributed by atoms with Gasteiger partial charge in [0.1, 0.15) is 12.4 Å². The van der Waals surface area contributed by atoms with Crippen LogP contribution in [0.3, 0.4) is 0 Å². The zero-order chi connectivity index (χ0) is 11.4. The standard InChI is InChI=1S/C12H15N3O/c13-7-10-1-3-12(4-2-10)16-6-5-15-8-11(14)9-15/h1-4,11H,5-6,8-9,14H2. The van der Waals surface area contributed by atoms with E-state index < -0.39 is 0 Å². The maximum Gasteiger partial charge on any atom is 0.119 e. The van der Waals surface area contributed by atoms with Gasteiger partial charge in [0.25, 0.3) is 0 Å². The Morgan fingerprint density at radius 3 is 2.62 bits per heavy atom. The molecule has 2 rings (SSSR count). The van der Waals surface area contributed by atoms with Gasteiger partial charge in [-0.25, -0.2) is 0 Å². The van der Waals surface area contributed by atoms with Crippen molar-refractivity contribution in [1.82, 2.24) is 4.90 Å². The smallest absolute Gasteiger partial charge is 0.119 e. The van der Waals surface area contributed by atoms with Crippen LogP contribution in [0.1, 0.15) is 5.56 Å². The lowest BCUT2D eigenvalue weighted by Crippen LogP contribution is -2.56. The largest absolute Gasteiger partial charge is 0.492 e. The molecule has 0 radical (unpaired) electrons. The molecule has 0 bridgehead atoms. The highest BCUT2D eigenvalue weighted by Gasteiger charge is 2.21. The number of benzene rings is 1. The predicted octanol–water partition coefficient (Wildman–Crippen LogP) is 0.580. The minimum atomic E-state index is 0.343. The highest BCUT2D eigenvalue weighted by atomic mass is 16.5. The second-order valence-corrected chi connectivity index (χ2v) is 4.00. The SMILES string of the molecule is N#Cc1ccc(OCCN2CC(N)C2)cc1. The molecule has 0 atom stereocenters. The molecular formula is C12H15N3O. The molecular weight excluding hydrogens is 202 g/mol. The number of rotatable bonds is 4. The van der Waals surface area contributed by atoms with E-state index >= 15 is 0 Å². The summed E-state index contributed by atoms with van der Waals surface area (Å²) in [4.78, 5) is 2.26. The summed E-state index contributed by atoms with van der Waals surface area (Å²) < 4.78 is 5.56. The minimum Gasteiger partial charge on any atom is -0.492 e. The number of nitriles is 1. The van der Waals surface area contributed by atoms with Crippen LogP contribution < -0.4 is 10.5 Å². The van der Waals surface area contributed by atoms with Crippen LogP contribution in [0.15, 0.2) is 24.3 Å². The first kappa shape index (κ1) is 10.9. The fourth-order valence-corrected chi connectivity index (χ4v) is 1.71. The molecule has 0 aromatic heterocycles. The summed E-state index contributed by atoms with van der Waals surface area (Å²) in [6.07, 6.45) is 0. The molecule has 16 heavy (non-hydrogen) atoms. The molecule has 1 aromatic carbocycles. The molecule has 4 heteroatoms. The van der Waals surface area contributed by atoms with Crippen molar-refractivity contribution in [3.8, 4) is 11.8 Å². The first-order chi connectivity index (χ1) is 7.78. The van der Waals surface area contributed by atoms with E-state index in [0.29, 0.717) is 18.2 Å². The van der Waals surface area contributed by atoms with Crippen LogP contribution in [0.4, 0.5) is 0 Å². The maximum atomic E-state index is 8.63. The summed E-state index contributed by atoms with van der Waals surface area (Å²) in [6, 6.07) is 9.57. The summed E-state index contributed by atoms with van der Waals surface area (Å²) in [5.41, 5.74) is 6.32. The third-order valence-electron chi connectivity index (χ3n) is 2.65. The number of ether oxygens (including phenoxy) is 1. The van der Waals surface area contributed by atoms with Gasteiger partial charge in [-0.05, 0) is 24.3 Å². The van der Waals surface area contributed by atoms with E-state index in [2.05, 4.69) is 11.0 Å². The van der Waals surface area contributed by atoms with Gasteiger partial charge in [-0.3, -0.25) is 4.90 Å². The van der Waals surface area contributed by atoms with Gasteiger partial charge in [-0.1, -0.05) is 0 Å². The van der Waals surface area contributed by atoms with Crippen LogP contribution in [-0.4, -0.2) is 37.2 Å². The lowest BCUT2D eigenvalue weighted by molar-refractivity contribution is 0.124. The van der Waals surface area contributed by atoms with E-state index in [0.717, 1.165) is 25.4 Å². The molecule has 1 heterocycles. The first-order valence-electron chi connectivity index (χ1n) is 5.39. The number of hydrogen-bond donors (Lipinski definition) is 1. The highest BCUT2D eigenvalue weighted by molar-refractivity contribution is 5.34. The molecule has 1 aliphatic rings. The molecule has 0 unspecified atom stereocenters. The third-order valence-corrected chi connectivity index (χ3v) is 2.65. The van der Waals surface area contributed by atoms with Crippen molar-refractivity contribution in [3.63, 3.8) is 0 Å². The van der Waals surface area contributed by atoms with Crippen molar-refractivity contribution in [1.29, 1.82) is 5.26 Å². The molecule has 1 fully saturated rings. The van der Waals surface area contributed by atoms with Gasteiger partial charge in [0, 0.05) is 25.7 Å². The second kappa shape index (κ2) is 4.97. The number of nitrogens with zero attached hydrogens (tertiary/aromatic N) is 2. The number of hydrogen-bond acceptors (Lipinski definition) is 4. The molecule has 1 aromatic rings. The van der Waals surface area contributed by atoms with Crippen LogP contribution in [-0.2, 0) is 0 Å². The van der Waals surface area contributed by atoms with Gasteiger partial charge in [-0.15, -0.1) is 0 Å². The van der Waals surface area contributed by atoms with Gasteiger partial charge >= 0.3 is 0 Å². The summed E-state index contributed by atoms with van der Waals surface area (Å²) in [6.45, 7) is 3.51. The van der Waals surface area contributed by atoms with Crippen molar-refractivity contribution < 1.29 is 4.74 Å². The van der Waals surface area contributed by atoms with E-state index in [9.17, 15) is 0 Å². The van der Waals surface area contributed by atoms with Crippen LogP contribution in [0, 0.1) is 11.3 Å². The van der Waals surface area contributed by atoms with Crippen LogP contribution in [0.2, 0.25) is 0 Å². The van der Waals surface area contributed by atoms with Crippen molar-refractivity contribution in [3.05, 3.63) is 29.8 Å². The van der Waals surface area contributed by atoms with Crippen LogP contribution in [0.25, 0.3) is 0 Å². The molecule has 1 saturated heterocycles. The van der Waals surface area contributed by atoms with Crippen molar-refractivity contribution >= 4 is 0 Å². The molecule has 0 amide bonds. The van der Waals surface area contributed by atoms with Gasteiger partial charge in [0.15, 0.2) is 0 Å². The van der Waals surface area contributed by atoms with Crippen LogP contribution >= 0.6 is 0 Å². The lowest BCUT2D eigenvalue weighted by atomic mass is 10.1. The van der Waals surface area contributed by atoms with E-state index in [1.165, 1.54) is 0 Å². The van der Waals surface area contributed by atoms with Gasteiger partial charge in [-0.2, -0.15) is 5.26 Å². The van der Waals surface area contributed by atoms with Gasteiger partial charge in [0.2, 0.25) is 0 Å². The average molecular weight is 217 g/mol. The third kappa shape index (κ3) is 2.72. The summed E-state index contributed by atoms with van der Waals surface area (Å²) in [7, 11) is 0. The lowest BCUT2D eigenvalue weighted by Gasteiger charge is -2.36. The van der Waals surface area contributed by atoms with E-state index in [1.807, 2.05) is 12.1 Å². The average Bonchev–Trinajstić information content (AvgIpc) is 2.27. The van der Waals surface area contributed by atoms with Crippen molar-refractivity contribution in [2.45, 2.75) is 6.04 Å². The van der Waals surface area contributed by atoms with E-state index in [4.69, 9.17) is 15.7 Å². The Morgan fingerprint density at radius 1 is 1.38 bits per heavy atom. The predicted molar refractivity (Wildman–Crippen MR) is 61.1 cm³/mol. The monoisotopic (exact) mass is 217 g/mol. The van der Waals surface area contributed by atoms with E-state index in [-0.39, 0.29) is 0 Å². The molecule has 2 N–H and O–H groups in total. The summed E-state index contributed by atoms with van der Waals surface area (Å²) >= 11 is 0. The minimum absolute atomic E-state index is 0.343. The van der Waals surface area contributed by atoms with Gasteiger partial charge < -0.3 is 10.5 Å². The van der Waals surface area contributed by atoms with E-state index in [1.54, 1.807) is 12.1 Å². The Labute approximate surface area is 95.2 Å². The fourth-order valence-electron chi connectivity index (χ4n) is 1.71. The maximum absolute atomic E-state index is 8.63. The molecule has 0 spiro atoms. The molecule has 1 aliphatic heterocycles. The Morgan fingerprint density at radius 2 is 2.06 bits per heavy atom. The van der Waals surface area contributed by atoms with Crippen molar-refractivity contribution in [2.24, 2.45) is 5.73 Å². The zero-order valence-corrected chi connectivity index (χ0v) is 9.10. The topological polar surface area (TPSA) is 62.3 Å². The fraction of sp³-hybridized carbons (Fsp3) is 0.417. The first-order valence-corrected chi connectivity index (χ1v) is 5.39. The molecule has 0 aliphatic carbocycles. The summed E-state index contributed by atoms with van der Waals surface area (Å²) in [5.74, 6) is 0.809. The zero-order valence-electron chi connectivity index (χ0n) is 9.10. The number of nitrogens with two attached hydrogens (primary N) is 1. The normalized spacial score (nSPS) is 16.5.